The maximum absolute atomic E-state index is 13.4. The third kappa shape index (κ3) is 2.96. The summed E-state index contributed by atoms with van der Waals surface area (Å²) in [5.41, 5.74) is 0.707. The number of carbonyl (C=O) groups excluding carboxylic acids is 3. The Morgan fingerprint density at radius 1 is 1.00 bits per heavy atom. The summed E-state index contributed by atoms with van der Waals surface area (Å²) < 4.78 is 5.49. The van der Waals surface area contributed by atoms with Crippen molar-refractivity contribution < 1.29 is 19.1 Å². The van der Waals surface area contributed by atoms with Gasteiger partial charge in [0.2, 0.25) is 0 Å². The molecule has 4 saturated carbocycles. The summed E-state index contributed by atoms with van der Waals surface area (Å²) in [6.45, 7) is 16.3. The zero-order valence-electron chi connectivity index (χ0n) is 23.9. The molecule has 4 fully saturated rings. The first-order valence-electron chi connectivity index (χ1n) is 14.5. The number of fused-ring (bicyclic) bond motifs is 7. The van der Waals surface area contributed by atoms with Gasteiger partial charge in [0.25, 0.3) is 0 Å². The molecule has 5 aliphatic carbocycles. The normalized spacial score (nSPS) is 51.6. The summed E-state index contributed by atoms with van der Waals surface area (Å²) in [6, 6.07) is 0. The van der Waals surface area contributed by atoms with Gasteiger partial charge in [0.05, 0.1) is 18.4 Å². The van der Waals surface area contributed by atoms with Crippen LogP contribution in [-0.2, 0) is 19.1 Å². The molecular weight excluding hydrogens is 448 g/mol. The molecule has 0 spiro atoms. The number of allylic oxidation sites excluding steroid dienone is 2. The molecule has 0 aromatic carbocycles. The minimum absolute atomic E-state index is 0.00138. The number of ether oxygens (including phenoxy) is 1. The van der Waals surface area contributed by atoms with Crippen LogP contribution in [0.5, 0.6) is 0 Å². The molecule has 4 heteroatoms. The number of Topliss-reactive ketones (excluding diaryl/α,β-unsaturated/α-hetero) is 1. The molecule has 5 aliphatic rings. The van der Waals surface area contributed by atoms with Gasteiger partial charge in [-0.3, -0.25) is 9.59 Å². The number of carbonyl (C=O) groups is 3. The average Bonchev–Trinajstić information content (AvgIpc) is 2.83. The molecule has 200 valence electrons. The highest BCUT2D eigenvalue weighted by atomic mass is 16.5. The van der Waals surface area contributed by atoms with Crippen LogP contribution in [0.3, 0.4) is 0 Å². The third-order valence-electron chi connectivity index (χ3n) is 13.5. The lowest BCUT2D eigenvalue weighted by Gasteiger charge is -2.71. The largest absolute Gasteiger partial charge is 0.469 e. The Hall–Kier alpha value is -1.45. The van der Waals surface area contributed by atoms with Crippen LogP contribution in [0, 0.1) is 62.6 Å². The molecule has 36 heavy (non-hydrogen) atoms. The average molecular weight is 497 g/mol. The minimum atomic E-state index is -0.487. The fourth-order valence-corrected chi connectivity index (χ4v) is 11.2. The molecule has 0 N–H and O–H groups in total. The van der Waals surface area contributed by atoms with E-state index in [4.69, 9.17) is 4.74 Å². The number of hydrogen-bond acceptors (Lipinski definition) is 4. The Morgan fingerprint density at radius 3 is 2.33 bits per heavy atom. The van der Waals surface area contributed by atoms with Crippen LogP contribution in [0.25, 0.3) is 0 Å². The van der Waals surface area contributed by atoms with Crippen molar-refractivity contribution in [1.82, 2.24) is 0 Å². The standard InChI is InChI=1S/C32H48O4/c1-19-11-14-32(27(35)36-8)16-15-30(6)22(25(32)20(19)2)9-10-24-29(5)17-21(18-33)26(34)28(3,4)23(29)12-13-31(24,30)7/h9,18-21,23-25H,10-17H2,1-8H3/t19-,20+,21+,23+,24-,25+,29+,30-,31-,32+/m1/s1. The van der Waals surface area contributed by atoms with Crippen molar-refractivity contribution in [2.75, 3.05) is 7.11 Å². The zero-order chi connectivity index (χ0) is 26.5. The summed E-state index contributed by atoms with van der Waals surface area (Å²) in [4.78, 5) is 38.8. The van der Waals surface area contributed by atoms with Gasteiger partial charge in [-0.25, -0.2) is 0 Å². The van der Waals surface area contributed by atoms with Crippen LogP contribution < -0.4 is 0 Å². The Labute approximate surface area is 218 Å². The topological polar surface area (TPSA) is 60.4 Å². The van der Waals surface area contributed by atoms with Crippen molar-refractivity contribution in [2.45, 2.75) is 99.8 Å². The number of ketones is 1. The molecule has 5 rings (SSSR count). The number of methoxy groups -OCH3 is 1. The van der Waals surface area contributed by atoms with Gasteiger partial charge in [0.15, 0.2) is 0 Å². The number of aldehydes is 1. The summed E-state index contributed by atoms with van der Waals surface area (Å²) >= 11 is 0. The van der Waals surface area contributed by atoms with Crippen molar-refractivity contribution >= 4 is 18.0 Å². The fourth-order valence-electron chi connectivity index (χ4n) is 11.2. The van der Waals surface area contributed by atoms with Crippen LogP contribution in [0.2, 0.25) is 0 Å². The van der Waals surface area contributed by atoms with E-state index >= 15 is 0 Å². The molecule has 0 amide bonds. The molecule has 10 atom stereocenters. The second kappa shape index (κ2) is 8.03. The van der Waals surface area contributed by atoms with E-state index in [1.807, 2.05) is 0 Å². The molecule has 0 aliphatic heterocycles. The number of hydrogen-bond donors (Lipinski definition) is 0. The second-order valence-electron chi connectivity index (χ2n) is 14.8. The van der Waals surface area contributed by atoms with E-state index in [1.54, 1.807) is 7.11 Å². The third-order valence-corrected chi connectivity index (χ3v) is 13.5. The first-order valence-corrected chi connectivity index (χ1v) is 14.5. The fraction of sp³-hybridized carbons (Fsp3) is 0.844. The van der Waals surface area contributed by atoms with Gasteiger partial charge in [0.1, 0.15) is 12.1 Å². The summed E-state index contributed by atoms with van der Waals surface area (Å²) in [6.07, 6.45) is 11.2. The Balaban J connectivity index is 1.63. The van der Waals surface area contributed by atoms with Crippen LogP contribution >= 0.6 is 0 Å². The Bertz CT molecular complexity index is 1010. The molecule has 0 aromatic heterocycles. The molecule has 0 unspecified atom stereocenters. The van der Waals surface area contributed by atoms with Crippen molar-refractivity contribution in [3.05, 3.63) is 11.6 Å². The van der Waals surface area contributed by atoms with E-state index in [0.717, 1.165) is 51.2 Å². The predicted octanol–water partition coefficient (Wildman–Crippen LogP) is 6.81. The lowest BCUT2D eigenvalue weighted by molar-refractivity contribution is -0.196. The zero-order valence-corrected chi connectivity index (χ0v) is 23.9. The number of esters is 1. The molecule has 0 bridgehead atoms. The Kier molecular flexibility index (Phi) is 5.83. The second-order valence-corrected chi connectivity index (χ2v) is 14.8. The molecule has 0 aromatic rings. The highest BCUT2D eigenvalue weighted by Gasteiger charge is 2.70. The van der Waals surface area contributed by atoms with Crippen LogP contribution in [0.15, 0.2) is 11.6 Å². The summed E-state index contributed by atoms with van der Waals surface area (Å²) in [7, 11) is 1.56. The van der Waals surface area contributed by atoms with E-state index in [0.29, 0.717) is 30.1 Å². The predicted molar refractivity (Wildman–Crippen MR) is 141 cm³/mol. The van der Waals surface area contributed by atoms with E-state index in [2.05, 4.69) is 54.5 Å². The van der Waals surface area contributed by atoms with E-state index in [-0.39, 0.29) is 33.9 Å². The van der Waals surface area contributed by atoms with E-state index in [1.165, 1.54) is 5.57 Å². The highest BCUT2D eigenvalue weighted by Crippen LogP contribution is 2.75. The summed E-state index contributed by atoms with van der Waals surface area (Å²) in [5, 5.41) is 0. The van der Waals surface area contributed by atoms with Crippen molar-refractivity contribution in [1.29, 1.82) is 0 Å². The van der Waals surface area contributed by atoms with Crippen LogP contribution in [0.4, 0.5) is 0 Å². The van der Waals surface area contributed by atoms with E-state index in [9.17, 15) is 14.4 Å². The van der Waals surface area contributed by atoms with Crippen molar-refractivity contribution in [3.8, 4) is 0 Å². The first kappa shape index (κ1) is 26.2. The van der Waals surface area contributed by atoms with Crippen LogP contribution in [-0.4, -0.2) is 25.1 Å². The maximum Gasteiger partial charge on any atom is 0.312 e. The van der Waals surface area contributed by atoms with Gasteiger partial charge in [-0.15, -0.1) is 0 Å². The van der Waals surface area contributed by atoms with Gasteiger partial charge < -0.3 is 9.53 Å². The van der Waals surface area contributed by atoms with Gasteiger partial charge >= 0.3 is 5.97 Å². The summed E-state index contributed by atoms with van der Waals surface area (Å²) in [5.74, 6) is 1.66. The van der Waals surface area contributed by atoms with Gasteiger partial charge in [-0.05, 0) is 97.2 Å². The molecule has 0 radical (unpaired) electrons. The van der Waals surface area contributed by atoms with Crippen molar-refractivity contribution in [3.63, 3.8) is 0 Å². The molecule has 4 nitrogen and oxygen atoms in total. The van der Waals surface area contributed by atoms with Crippen LogP contribution in [0.1, 0.15) is 99.8 Å². The van der Waals surface area contributed by atoms with Crippen molar-refractivity contribution in [2.24, 2.45) is 62.6 Å². The van der Waals surface area contributed by atoms with Gasteiger partial charge in [-0.1, -0.05) is 60.1 Å². The smallest absolute Gasteiger partial charge is 0.312 e. The molecule has 0 saturated heterocycles. The monoisotopic (exact) mass is 496 g/mol. The van der Waals surface area contributed by atoms with Gasteiger partial charge in [0, 0.05) is 5.41 Å². The Morgan fingerprint density at radius 2 is 1.69 bits per heavy atom. The van der Waals surface area contributed by atoms with Gasteiger partial charge in [-0.2, -0.15) is 0 Å². The maximum atomic E-state index is 13.4. The number of rotatable bonds is 2. The SMILES string of the molecule is COC(=O)[C@]12CC[C@@H](C)[C@H](C)[C@H]1C1=CC[C@@H]3[C@@]4(C)C[C@@H](C=O)C(=O)C(C)(C)[C@@H]4CC[C@@]3(C)[C@]1(C)CC2. The van der Waals surface area contributed by atoms with E-state index < -0.39 is 16.7 Å². The molecular formula is C32H48O4. The first-order chi connectivity index (χ1) is 16.7. The molecule has 0 heterocycles. The highest BCUT2D eigenvalue weighted by molar-refractivity contribution is 5.98. The quantitative estimate of drug-likeness (QED) is 0.182. The minimum Gasteiger partial charge on any atom is -0.469 e. The lowest BCUT2D eigenvalue weighted by Crippen LogP contribution is -2.66. The lowest BCUT2D eigenvalue weighted by atomic mass is 9.33.